The molecule has 0 atom stereocenters. The Morgan fingerprint density at radius 3 is 2.41 bits per heavy atom. The number of halogens is 1. The van der Waals surface area contributed by atoms with Crippen LogP contribution in [0.2, 0.25) is 5.02 Å². The van der Waals surface area contributed by atoms with Gasteiger partial charge in [0.05, 0.1) is 26.0 Å². The van der Waals surface area contributed by atoms with E-state index < -0.39 is 5.91 Å². The molecule has 3 rings (SSSR count). The van der Waals surface area contributed by atoms with Crippen molar-refractivity contribution in [3.63, 3.8) is 0 Å². The molecule has 0 unspecified atom stereocenters. The van der Waals surface area contributed by atoms with Crippen molar-refractivity contribution >= 4 is 17.5 Å². The highest BCUT2D eigenvalue weighted by Gasteiger charge is 2.23. The maximum atomic E-state index is 12.8. The van der Waals surface area contributed by atoms with Gasteiger partial charge in [-0.3, -0.25) is 4.79 Å². The molecule has 0 saturated carbocycles. The maximum Gasteiger partial charge on any atom is 0.293 e. The minimum atomic E-state index is -0.483. The minimum absolute atomic E-state index is 0.0438. The summed E-state index contributed by atoms with van der Waals surface area (Å²) in [5, 5.41) is 23.3. The number of aliphatic hydroxyl groups is 2. The summed E-state index contributed by atoms with van der Waals surface area (Å²) in [6.45, 7) is -0.315. The fourth-order valence-corrected chi connectivity index (χ4v) is 3.00. The third-order valence-corrected chi connectivity index (χ3v) is 4.46. The predicted molar refractivity (Wildman–Crippen MR) is 108 cm³/mol. The van der Waals surface area contributed by atoms with Crippen LogP contribution in [0.15, 0.2) is 48.5 Å². The van der Waals surface area contributed by atoms with Gasteiger partial charge in [-0.1, -0.05) is 17.7 Å². The van der Waals surface area contributed by atoms with Gasteiger partial charge in [-0.25, -0.2) is 9.67 Å². The normalized spacial score (nSPS) is 10.8. The Labute approximate surface area is 172 Å². The zero-order valence-electron chi connectivity index (χ0n) is 15.8. The fourth-order valence-electron chi connectivity index (χ4n) is 2.82. The minimum Gasteiger partial charge on any atom is -0.497 e. The third-order valence-electron chi connectivity index (χ3n) is 4.23. The number of amides is 1. The van der Waals surface area contributed by atoms with Gasteiger partial charge in [-0.2, -0.15) is 0 Å². The topological polar surface area (TPSA) is 101 Å². The van der Waals surface area contributed by atoms with Gasteiger partial charge in [-0.05, 0) is 42.5 Å². The van der Waals surface area contributed by atoms with Gasteiger partial charge < -0.3 is 19.8 Å². The lowest BCUT2D eigenvalue weighted by atomic mass is 10.2. The van der Waals surface area contributed by atoms with Gasteiger partial charge in [0, 0.05) is 23.7 Å². The summed E-state index contributed by atoms with van der Waals surface area (Å²) in [7, 11) is 1.58. The smallest absolute Gasteiger partial charge is 0.293 e. The SMILES string of the molecule is COc1ccc(-c2nc(C(=O)N(CCO)CCO)nn2-c2cccc(Cl)c2)cc1. The Morgan fingerprint density at radius 2 is 1.83 bits per heavy atom. The molecule has 0 bridgehead atoms. The number of hydrogen-bond acceptors (Lipinski definition) is 6. The van der Waals surface area contributed by atoms with Gasteiger partial charge >= 0.3 is 0 Å². The molecule has 152 valence electrons. The van der Waals surface area contributed by atoms with Crippen molar-refractivity contribution in [2.75, 3.05) is 33.4 Å². The molecular formula is C20H21ClN4O4. The average molecular weight is 417 g/mol. The van der Waals surface area contributed by atoms with Crippen LogP contribution in [0.5, 0.6) is 5.75 Å². The number of aromatic nitrogens is 3. The summed E-state index contributed by atoms with van der Waals surface area (Å²) >= 11 is 6.13. The zero-order valence-corrected chi connectivity index (χ0v) is 16.6. The number of aliphatic hydroxyl groups excluding tert-OH is 2. The Morgan fingerprint density at radius 1 is 1.14 bits per heavy atom. The van der Waals surface area contributed by atoms with Gasteiger partial charge in [-0.15, -0.1) is 5.10 Å². The van der Waals surface area contributed by atoms with E-state index >= 15 is 0 Å². The first-order chi connectivity index (χ1) is 14.1. The van der Waals surface area contributed by atoms with Crippen molar-refractivity contribution in [2.24, 2.45) is 0 Å². The number of carbonyl (C=O) groups is 1. The second-order valence-electron chi connectivity index (χ2n) is 6.12. The number of benzene rings is 2. The van der Waals surface area contributed by atoms with E-state index in [0.717, 1.165) is 5.56 Å². The molecule has 0 aliphatic carbocycles. The second kappa shape index (κ2) is 9.51. The lowest BCUT2D eigenvalue weighted by molar-refractivity contribution is 0.0673. The van der Waals surface area contributed by atoms with E-state index in [-0.39, 0.29) is 32.1 Å². The van der Waals surface area contributed by atoms with Gasteiger partial charge in [0.25, 0.3) is 5.91 Å². The zero-order chi connectivity index (χ0) is 20.8. The maximum absolute atomic E-state index is 12.8. The number of carbonyl (C=O) groups excluding carboxylic acids is 1. The lowest BCUT2D eigenvalue weighted by Crippen LogP contribution is -2.36. The largest absolute Gasteiger partial charge is 0.497 e. The molecule has 1 aromatic heterocycles. The third kappa shape index (κ3) is 4.73. The molecule has 0 aliphatic heterocycles. The van der Waals surface area contributed by atoms with Crippen LogP contribution in [-0.2, 0) is 0 Å². The predicted octanol–water partition coefficient (Wildman–Crippen LogP) is 2.02. The number of rotatable bonds is 8. The van der Waals surface area contributed by atoms with Gasteiger partial charge in [0.2, 0.25) is 5.82 Å². The van der Waals surface area contributed by atoms with Crippen molar-refractivity contribution in [3.05, 3.63) is 59.4 Å². The fraction of sp³-hybridized carbons (Fsp3) is 0.250. The number of hydrogen-bond donors (Lipinski definition) is 2. The highest BCUT2D eigenvalue weighted by molar-refractivity contribution is 6.30. The van der Waals surface area contributed by atoms with Crippen LogP contribution in [0.4, 0.5) is 0 Å². The molecular weight excluding hydrogens is 396 g/mol. The molecule has 9 heteroatoms. The number of methoxy groups -OCH3 is 1. The highest BCUT2D eigenvalue weighted by Crippen LogP contribution is 2.25. The van der Waals surface area contributed by atoms with Crippen molar-refractivity contribution in [1.29, 1.82) is 0 Å². The van der Waals surface area contributed by atoms with Crippen LogP contribution >= 0.6 is 11.6 Å². The Hall–Kier alpha value is -2.94. The Balaban J connectivity index is 2.08. The quantitative estimate of drug-likeness (QED) is 0.582. The Bertz CT molecular complexity index is 969. The molecule has 0 aliphatic rings. The van der Waals surface area contributed by atoms with E-state index in [1.54, 1.807) is 43.5 Å². The molecule has 0 radical (unpaired) electrons. The average Bonchev–Trinajstić information content (AvgIpc) is 3.18. The lowest BCUT2D eigenvalue weighted by Gasteiger charge is -2.18. The van der Waals surface area contributed by atoms with Crippen LogP contribution in [0.1, 0.15) is 10.6 Å². The van der Waals surface area contributed by atoms with Crippen molar-refractivity contribution in [1.82, 2.24) is 19.7 Å². The summed E-state index contributed by atoms with van der Waals surface area (Å²) in [6, 6.07) is 14.3. The van der Waals surface area contributed by atoms with E-state index in [2.05, 4.69) is 10.1 Å². The van der Waals surface area contributed by atoms with Crippen molar-refractivity contribution in [3.8, 4) is 22.8 Å². The van der Waals surface area contributed by atoms with E-state index in [1.165, 1.54) is 9.58 Å². The second-order valence-corrected chi connectivity index (χ2v) is 6.56. The molecule has 0 spiro atoms. The molecule has 2 N–H and O–H groups in total. The molecule has 1 amide bonds. The van der Waals surface area contributed by atoms with Crippen LogP contribution in [0.3, 0.4) is 0 Å². The first-order valence-electron chi connectivity index (χ1n) is 8.95. The Kier molecular flexibility index (Phi) is 6.82. The van der Waals surface area contributed by atoms with E-state index in [9.17, 15) is 15.0 Å². The standard InChI is InChI=1S/C20H21ClN4O4/c1-29-17-7-5-14(6-8-17)19-22-18(20(28)24(9-11-26)10-12-27)23-25(19)16-4-2-3-15(21)13-16/h2-8,13,26-27H,9-12H2,1H3. The van der Waals surface area contributed by atoms with Gasteiger partial charge in [0.15, 0.2) is 5.82 Å². The number of ether oxygens (including phenoxy) is 1. The summed E-state index contributed by atoms with van der Waals surface area (Å²) in [6.07, 6.45) is 0. The molecule has 29 heavy (non-hydrogen) atoms. The van der Waals surface area contributed by atoms with E-state index in [1.807, 2.05) is 12.1 Å². The number of nitrogens with zero attached hydrogens (tertiary/aromatic N) is 4. The van der Waals surface area contributed by atoms with Crippen molar-refractivity contribution in [2.45, 2.75) is 0 Å². The molecule has 0 fully saturated rings. The summed E-state index contributed by atoms with van der Waals surface area (Å²) in [5.41, 5.74) is 1.37. The first-order valence-corrected chi connectivity index (χ1v) is 9.33. The van der Waals surface area contributed by atoms with Crippen molar-refractivity contribution < 1.29 is 19.7 Å². The highest BCUT2D eigenvalue weighted by atomic mass is 35.5. The monoisotopic (exact) mass is 416 g/mol. The van der Waals surface area contributed by atoms with Crippen LogP contribution in [0.25, 0.3) is 17.1 Å². The molecule has 8 nitrogen and oxygen atoms in total. The van der Waals surface area contributed by atoms with Crippen LogP contribution in [-0.4, -0.2) is 69.2 Å². The molecule has 1 heterocycles. The summed E-state index contributed by atoms with van der Waals surface area (Å²) < 4.78 is 6.73. The molecule has 3 aromatic rings. The van der Waals surface area contributed by atoms with Gasteiger partial charge in [0.1, 0.15) is 5.75 Å². The molecule has 0 saturated heterocycles. The van der Waals surface area contributed by atoms with E-state index in [0.29, 0.717) is 22.3 Å². The van der Waals surface area contributed by atoms with Crippen LogP contribution < -0.4 is 4.74 Å². The summed E-state index contributed by atoms with van der Waals surface area (Å²) in [4.78, 5) is 18.6. The van der Waals surface area contributed by atoms with Crippen LogP contribution in [0, 0.1) is 0 Å². The first kappa shape index (κ1) is 20.8. The van der Waals surface area contributed by atoms with E-state index in [4.69, 9.17) is 16.3 Å². The molecule has 2 aromatic carbocycles. The summed E-state index contributed by atoms with van der Waals surface area (Å²) in [5.74, 6) is 0.614.